The number of anilines is 1. The van der Waals surface area contributed by atoms with Gasteiger partial charge in [0, 0.05) is 12.6 Å². The van der Waals surface area contributed by atoms with E-state index in [0.717, 1.165) is 11.1 Å². The first-order valence-electron chi connectivity index (χ1n) is 7.10. The van der Waals surface area contributed by atoms with Gasteiger partial charge in [-0.1, -0.05) is 48.0 Å². The molecule has 0 fully saturated rings. The van der Waals surface area contributed by atoms with Crippen LogP contribution in [0.3, 0.4) is 0 Å². The maximum absolute atomic E-state index is 12.4. The highest BCUT2D eigenvalue weighted by Crippen LogP contribution is 2.22. The molecule has 0 bridgehead atoms. The van der Waals surface area contributed by atoms with Gasteiger partial charge in [0.2, 0.25) is 0 Å². The zero-order chi connectivity index (χ0) is 15.5. The van der Waals surface area contributed by atoms with E-state index in [0.29, 0.717) is 17.9 Å². The lowest BCUT2D eigenvalue weighted by Crippen LogP contribution is -2.33. The van der Waals surface area contributed by atoms with Gasteiger partial charge in [0.15, 0.2) is 0 Å². The van der Waals surface area contributed by atoms with Gasteiger partial charge in [-0.05, 0) is 24.6 Å². The molecule has 0 aromatic heterocycles. The Labute approximate surface area is 129 Å². The van der Waals surface area contributed by atoms with Crippen molar-refractivity contribution < 1.29 is 9.59 Å². The van der Waals surface area contributed by atoms with E-state index < -0.39 is 0 Å². The van der Waals surface area contributed by atoms with Gasteiger partial charge in [-0.3, -0.25) is 9.59 Å². The van der Waals surface area contributed by atoms with Gasteiger partial charge in [-0.25, -0.2) is 4.90 Å². The maximum atomic E-state index is 12.4. The second-order valence-electron chi connectivity index (χ2n) is 5.21. The number of imide groups is 1. The van der Waals surface area contributed by atoms with Crippen LogP contribution in [0.2, 0.25) is 0 Å². The summed E-state index contributed by atoms with van der Waals surface area (Å²) in [6, 6.07) is 17.1. The van der Waals surface area contributed by atoms with Crippen LogP contribution in [0.25, 0.3) is 0 Å². The summed E-state index contributed by atoms with van der Waals surface area (Å²) in [6.45, 7) is 2.47. The second-order valence-corrected chi connectivity index (χ2v) is 5.21. The zero-order valence-corrected chi connectivity index (χ0v) is 12.2. The average molecular weight is 292 g/mol. The molecule has 110 valence electrons. The van der Waals surface area contributed by atoms with Crippen molar-refractivity contribution in [2.45, 2.75) is 13.5 Å². The van der Waals surface area contributed by atoms with Crippen LogP contribution in [0.5, 0.6) is 0 Å². The molecular formula is C18H16N2O2. The molecule has 0 aliphatic carbocycles. The van der Waals surface area contributed by atoms with Gasteiger partial charge in [-0.2, -0.15) is 0 Å². The first-order chi connectivity index (χ1) is 10.6. The third kappa shape index (κ3) is 2.76. The highest BCUT2D eigenvalue weighted by Gasteiger charge is 2.32. The third-order valence-corrected chi connectivity index (χ3v) is 3.54. The molecule has 0 saturated carbocycles. The summed E-state index contributed by atoms with van der Waals surface area (Å²) < 4.78 is 0. The smallest absolute Gasteiger partial charge is 0.281 e. The van der Waals surface area contributed by atoms with Crippen LogP contribution in [-0.2, 0) is 16.1 Å². The predicted molar refractivity (Wildman–Crippen MR) is 85.0 cm³/mol. The van der Waals surface area contributed by atoms with Crippen molar-refractivity contribution in [1.29, 1.82) is 0 Å². The number of benzene rings is 2. The van der Waals surface area contributed by atoms with E-state index in [4.69, 9.17) is 0 Å². The fourth-order valence-electron chi connectivity index (χ4n) is 2.33. The number of hydrogen-bond acceptors (Lipinski definition) is 3. The molecule has 22 heavy (non-hydrogen) atoms. The summed E-state index contributed by atoms with van der Waals surface area (Å²) in [5.74, 6) is -0.630. The topological polar surface area (TPSA) is 49.4 Å². The lowest BCUT2D eigenvalue weighted by molar-refractivity contribution is -0.120. The van der Waals surface area contributed by atoms with Crippen molar-refractivity contribution in [1.82, 2.24) is 5.32 Å². The average Bonchev–Trinajstić information content (AvgIpc) is 2.82. The Morgan fingerprint density at radius 2 is 1.64 bits per heavy atom. The number of nitrogens with one attached hydrogen (secondary N) is 1. The van der Waals surface area contributed by atoms with Crippen LogP contribution in [0.1, 0.15) is 11.1 Å². The minimum Gasteiger partial charge on any atom is -0.376 e. The van der Waals surface area contributed by atoms with Gasteiger partial charge >= 0.3 is 0 Å². The first kappa shape index (κ1) is 14.1. The molecule has 4 nitrogen and oxygen atoms in total. The molecule has 2 aromatic rings. The molecule has 2 amide bonds. The number of rotatable bonds is 4. The summed E-state index contributed by atoms with van der Waals surface area (Å²) in [7, 11) is 0. The van der Waals surface area contributed by atoms with E-state index in [9.17, 15) is 9.59 Å². The van der Waals surface area contributed by atoms with Gasteiger partial charge < -0.3 is 5.32 Å². The highest BCUT2D eigenvalue weighted by molar-refractivity contribution is 6.30. The molecule has 4 heteroatoms. The van der Waals surface area contributed by atoms with Gasteiger partial charge in [-0.15, -0.1) is 0 Å². The maximum Gasteiger partial charge on any atom is 0.281 e. The van der Waals surface area contributed by atoms with Crippen molar-refractivity contribution >= 4 is 17.5 Å². The molecule has 0 spiro atoms. The van der Waals surface area contributed by atoms with E-state index in [-0.39, 0.29) is 11.8 Å². The number of aryl methyl sites for hydroxylation is 1. The van der Waals surface area contributed by atoms with Crippen molar-refractivity contribution in [3.63, 3.8) is 0 Å². The SMILES string of the molecule is Cc1ccc(N2C(=O)C=C(NCc3ccccc3)C2=O)cc1. The van der Waals surface area contributed by atoms with Crippen LogP contribution >= 0.6 is 0 Å². The molecule has 1 heterocycles. The van der Waals surface area contributed by atoms with E-state index in [2.05, 4.69) is 5.32 Å². The zero-order valence-electron chi connectivity index (χ0n) is 12.2. The Bertz CT molecular complexity index is 733. The third-order valence-electron chi connectivity index (χ3n) is 3.54. The normalized spacial score (nSPS) is 14.2. The van der Waals surface area contributed by atoms with Gasteiger partial charge in [0.25, 0.3) is 11.8 Å². The molecule has 1 aliphatic rings. The summed E-state index contributed by atoms with van der Waals surface area (Å²) in [5, 5.41) is 3.04. The van der Waals surface area contributed by atoms with Crippen molar-refractivity contribution in [2.24, 2.45) is 0 Å². The first-order valence-corrected chi connectivity index (χ1v) is 7.10. The minimum absolute atomic E-state index is 0.315. The summed E-state index contributed by atoms with van der Waals surface area (Å²) >= 11 is 0. The summed E-state index contributed by atoms with van der Waals surface area (Å²) in [4.78, 5) is 25.7. The Kier molecular flexibility index (Phi) is 3.74. The lowest BCUT2D eigenvalue weighted by atomic mass is 10.2. The van der Waals surface area contributed by atoms with Gasteiger partial charge in [0.05, 0.1) is 5.69 Å². The van der Waals surface area contributed by atoms with Crippen LogP contribution in [0, 0.1) is 6.92 Å². The molecule has 1 aliphatic heterocycles. The van der Waals surface area contributed by atoms with Crippen LogP contribution in [-0.4, -0.2) is 11.8 Å². The minimum atomic E-state index is -0.315. The Hall–Kier alpha value is -2.88. The van der Waals surface area contributed by atoms with Gasteiger partial charge in [0.1, 0.15) is 5.70 Å². The standard InChI is InChI=1S/C18H16N2O2/c1-13-7-9-15(10-8-13)20-17(21)11-16(18(20)22)19-12-14-5-3-2-4-6-14/h2-11,19H,12H2,1H3. The predicted octanol–water partition coefficient (Wildman–Crippen LogP) is 2.54. The molecular weight excluding hydrogens is 276 g/mol. The van der Waals surface area contributed by atoms with E-state index in [1.807, 2.05) is 49.4 Å². The molecule has 2 aromatic carbocycles. The Balaban J connectivity index is 1.73. The van der Waals surface area contributed by atoms with Crippen molar-refractivity contribution in [3.8, 4) is 0 Å². The fraction of sp³-hybridized carbons (Fsp3) is 0.111. The summed E-state index contributed by atoms with van der Waals surface area (Å²) in [5.41, 5.74) is 3.05. The summed E-state index contributed by atoms with van der Waals surface area (Å²) in [6.07, 6.45) is 1.35. The molecule has 1 N–H and O–H groups in total. The van der Waals surface area contributed by atoms with Crippen molar-refractivity contribution in [3.05, 3.63) is 77.5 Å². The van der Waals surface area contributed by atoms with E-state index in [1.54, 1.807) is 12.1 Å². The number of carbonyl (C=O) groups is 2. The largest absolute Gasteiger partial charge is 0.376 e. The van der Waals surface area contributed by atoms with E-state index >= 15 is 0 Å². The molecule has 0 saturated heterocycles. The molecule has 0 radical (unpaired) electrons. The molecule has 0 unspecified atom stereocenters. The molecule has 3 rings (SSSR count). The number of carbonyl (C=O) groups excluding carboxylic acids is 2. The second kappa shape index (κ2) is 5.85. The Morgan fingerprint density at radius 1 is 0.955 bits per heavy atom. The number of nitrogens with zero attached hydrogens (tertiary/aromatic N) is 1. The fourth-order valence-corrected chi connectivity index (χ4v) is 2.33. The highest BCUT2D eigenvalue weighted by atomic mass is 16.2. The number of hydrogen-bond donors (Lipinski definition) is 1. The Morgan fingerprint density at radius 3 is 2.32 bits per heavy atom. The molecule has 0 atom stereocenters. The van der Waals surface area contributed by atoms with Crippen LogP contribution in [0.4, 0.5) is 5.69 Å². The monoisotopic (exact) mass is 292 g/mol. The van der Waals surface area contributed by atoms with Crippen LogP contribution < -0.4 is 10.2 Å². The van der Waals surface area contributed by atoms with Crippen molar-refractivity contribution in [2.75, 3.05) is 4.90 Å². The van der Waals surface area contributed by atoms with Crippen LogP contribution in [0.15, 0.2) is 66.4 Å². The quantitative estimate of drug-likeness (QED) is 0.881. The van der Waals surface area contributed by atoms with E-state index in [1.165, 1.54) is 11.0 Å². The number of amides is 2. The lowest BCUT2D eigenvalue weighted by Gasteiger charge is -2.15.